The molecule has 1 aliphatic heterocycles. The summed E-state index contributed by atoms with van der Waals surface area (Å²) < 4.78 is 13.4. The fourth-order valence-corrected chi connectivity index (χ4v) is 4.52. The Morgan fingerprint density at radius 3 is 2.68 bits per heavy atom. The van der Waals surface area contributed by atoms with Crippen LogP contribution in [0.15, 0.2) is 36.5 Å². The summed E-state index contributed by atoms with van der Waals surface area (Å²) in [4.78, 5) is 14.7. The molecule has 6 nitrogen and oxygen atoms in total. The van der Waals surface area contributed by atoms with E-state index in [1.807, 2.05) is 6.07 Å². The van der Waals surface area contributed by atoms with Crippen molar-refractivity contribution in [2.45, 2.75) is 18.8 Å². The van der Waals surface area contributed by atoms with Gasteiger partial charge in [0.25, 0.3) is 0 Å². The molecule has 3 aromatic rings. The van der Waals surface area contributed by atoms with Crippen LogP contribution in [0.25, 0.3) is 21.8 Å². The number of aliphatic hydroxyl groups excluding tert-OH is 1. The van der Waals surface area contributed by atoms with Crippen LogP contribution in [0.1, 0.15) is 23.8 Å². The maximum Gasteiger partial charge on any atom is 0.223 e. The number of rotatable bonds is 6. The lowest BCUT2D eigenvalue weighted by Crippen LogP contribution is -2.26. The fraction of sp³-hybridized carbons (Fsp3) is 0.350. The van der Waals surface area contributed by atoms with E-state index >= 15 is 0 Å². The minimum atomic E-state index is -0.267. The zero-order valence-electron chi connectivity index (χ0n) is 15.4. The van der Waals surface area contributed by atoms with Crippen LogP contribution in [0.3, 0.4) is 0 Å². The minimum absolute atomic E-state index is 0.00877. The average molecular weight is 399 g/mol. The molecule has 0 bridgehead atoms. The van der Waals surface area contributed by atoms with Gasteiger partial charge in [0, 0.05) is 24.2 Å². The summed E-state index contributed by atoms with van der Waals surface area (Å²) in [5, 5.41) is 16.5. The van der Waals surface area contributed by atoms with Gasteiger partial charge >= 0.3 is 0 Å². The van der Waals surface area contributed by atoms with E-state index in [-0.39, 0.29) is 12.4 Å². The summed E-state index contributed by atoms with van der Waals surface area (Å²) in [6.45, 7) is 2.38. The van der Waals surface area contributed by atoms with E-state index in [2.05, 4.69) is 20.6 Å². The van der Waals surface area contributed by atoms with E-state index in [4.69, 9.17) is 10.1 Å². The van der Waals surface area contributed by atoms with Crippen molar-refractivity contribution in [2.75, 3.05) is 31.6 Å². The monoisotopic (exact) mass is 399 g/mol. The first-order valence-electron chi connectivity index (χ1n) is 9.40. The van der Waals surface area contributed by atoms with E-state index in [9.17, 15) is 4.39 Å². The van der Waals surface area contributed by atoms with Crippen molar-refractivity contribution in [3.05, 3.63) is 47.4 Å². The van der Waals surface area contributed by atoms with Gasteiger partial charge in [-0.2, -0.15) is 0 Å². The van der Waals surface area contributed by atoms with Crippen LogP contribution >= 0.6 is 11.3 Å². The SMILES string of the molecule is OCCNc1nccc(-c2sc(C3CCNCC3)nc2-c2ccc(F)cc2)n1. The number of nitrogens with zero attached hydrogens (tertiary/aromatic N) is 3. The first kappa shape index (κ1) is 18.9. The number of piperidine rings is 1. The van der Waals surface area contributed by atoms with E-state index in [0.717, 1.165) is 52.8 Å². The van der Waals surface area contributed by atoms with Gasteiger partial charge in [-0.3, -0.25) is 0 Å². The fourth-order valence-electron chi connectivity index (χ4n) is 3.30. The number of hydrogen-bond acceptors (Lipinski definition) is 7. The molecule has 0 aliphatic carbocycles. The molecule has 0 spiro atoms. The first-order chi connectivity index (χ1) is 13.7. The largest absolute Gasteiger partial charge is 0.395 e. The first-order valence-corrected chi connectivity index (χ1v) is 10.2. The molecule has 0 amide bonds. The highest BCUT2D eigenvalue weighted by Gasteiger charge is 2.23. The average Bonchev–Trinajstić information content (AvgIpc) is 3.19. The minimum Gasteiger partial charge on any atom is -0.395 e. The lowest BCUT2D eigenvalue weighted by atomic mass is 9.99. The molecule has 28 heavy (non-hydrogen) atoms. The highest BCUT2D eigenvalue weighted by atomic mass is 32.1. The Labute approximate surface area is 166 Å². The van der Waals surface area contributed by atoms with Gasteiger partial charge in [-0.25, -0.2) is 19.3 Å². The third-order valence-corrected chi connectivity index (χ3v) is 5.97. The molecular formula is C20H22FN5OS. The maximum atomic E-state index is 13.4. The summed E-state index contributed by atoms with van der Waals surface area (Å²) in [5.41, 5.74) is 2.47. The smallest absolute Gasteiger partial charge is 0.223 e. The third kappa shape index (κ3) is 4.19. The number of aliphatic hydroxyl groups is 1. The Morgan fingerprint density at radius 2 is 1.93 bits per heavy atom. The molecule has 1 fully saturated rings. The van der Waals surface area contributed by atoms with Gasteiger partial charge in [0.2, 0.25) is 5.95 Å². The van der Waals surface area contributed by atoms with Crippen molar-refractivity contribution in [2.24, 2.45) is 0 Å². The maximum absolute atomic E-state index is 13.4. The van der Waals surface area contributed by atoms with Gasteiger partial charge in [-0.15, -0.1) is 11.3 Å². The predicted molar refractivity (Wildman–Crippen MR) is 109 cm³/mol. The lowest BCUT2D eigenvalue weighted by Gasteiger charge is -2.20. The molecule has 3 heterocycles. The number of thiazole rings is 1. The van der Waals surface area contributed by atoms with Gasteiger partial charge < -0.3 is 15.7 Å². The number of halogens is 1. The second-order valence-corrected chi connectivity index (χ2v) is 7.71. The van der Waals surface area contributed by atoms with Crippen LogP contribution in [-0.4, -0.2) is 46.3 Å². The molecule has 1 aliphatic rings. The standard InChI is InChI=1S/C20H22FN5OS/c21-15-3-1-13(2-4-15)17-18(16-7-10-23-20(25-16)24-11-12-27)28-19(26-17)14-5-8-22-9-6-14/h1-4,7,10,14,22,27H,5-6,8-9,11-12H2,(H,23,24,25). The van der Waals surface area contributed by atoms with Crippen LogP contribution in [0.2, 0.25) is 0 Å². The van der Waals surface area contributed by atoms with Crippen LogP contribution in [0.5, 0.6) is 0 Å². The number of aromatic nitrogens is 3. The summed E-state index contributed by atoms with van der Waals surface area (Å²) in [6.07, 6.45) is 3.81. The van der Waals surface area contributed by atoms with E-state index in [1.165, 1.54) is 12.1 Å². The van der Waals surface area contributed by atoms with Crippen LogP contribution in [0.4, 0.5) is 10.3 Å². The predicted octanol–water partition coefficient (Wildman–Crippen LogP) is 3.28. The Hall–Kier alpha value is -2.42. The molecule has 2 aromatic heterocycles. The molecule has 0 saturated carbocycles. The quantitative estimate of drug-likeness (QED) is 0.590. The zero-order chi connectivity index (χ0) is 19.3. The summed E-state index contributed by atoms with van der Waals surface area (Å²) in [6, 6.07) is 8.28. The van der Waals surface area contributed by atoms with Crippen molar-refractivity contribution in [3.63, 3.8) is 0 Å². The van der Waals surface area contributed by atoms with Crippen LogP contribution in [-0.2, 0) is 0 Å². The molecule has 0 unspecified atom stereocenters. The van der Waals surface area contributed by atoms with Gasteiger partial charge in [-0.05, 0) is 56.3 Å². The van der Waals surface area contributed by atoms with Gasteiger partial charge in [-0.1, -0.05) is 0 Å². The summed E-state index contributed by atoms with van der Waals surface area (Å²) in [5.74, 6) is 0.623. The van der Waals surface area contributed by atoms with Crippen molar-refractivity contribution in [3.8, 4) is 21.8 Å². The topological polar surface area (TPSA) is 83.0 Å². The summed E-state index contributed by atoms with van der Waals surface area (Å²) >= 11 is 1.65. The normalized spacial score (nSPS) is 14.9. The number of nitrogens with one attached hydrogen (secondary N) is 2. The second kappa shape index (κ2) is 8.72. The van der Waals surface area contributed by atoms with Gasteiger partial charge in [0.05, 0.1) is 27.9 Å². The van der Waals surface area contributed by atoms with Crippen LogP contribution < -0.4 is 10.6 Å². The highest BCUT2D eigenvalue weighted by molar-refractivity contribution is 7.15. The third-order valence-electron chi connectivity index (χ3n) is 4.73. The molecule has 8 heteroatoms. The molecule has 1 aromatic carbocycles. The Bertz CT molecular complexity index is 925. The number of hydrogen-bond donors (Lipinski definition) is 3. The number of benzene rings is 1. The van der Waals surface area contributed by atoms with Gasteiger partial charge in [0.1, 0.15) is 5.82 Å². The zero-order valence-corrected chi connectivity index (χ0v) is 16.2. The number of anilines is 1. The van der Waals surface area contributed by atoms with Crippen molar-refractivity contribution in [1.29, 1.82) is 0 Å². The molecule has 146 valence electrons. The highest BCUT2D eigenvalue weighted by Crippen LogP contribution is 2.40. The Morgan fingerprint density at radius 1 is 1.14 bits per heavy atom. The van der Waals surface area contributed by atoms with E-state index in [1.54, 1.807) is 29.7 Å². The molecule has 3 N–H and O–H groups in total. The molecule has 4 rings (SSSR count). The van der Waals surface area contributed by atoms with Crippen molar-refractivity contribution >= 4 is 17.3 Å². The van der Waals surface area contributed by atoms with E-state index in [0.29, 0.717) is 18.4 Å². The Kier molecular flexibility index (Phi) is 5.90. The molecule has 0 atom stereocenters. The van der Waals surface area contributed by atoms with Crippen molar-refractivity contribution in [1.82, 2.24) is 20.3 Å². The molecule has 0 radical (unpaired) electrons. The van der Waals surface area contributed by atoms with Gasteiger partial charge in [0.15, 0.2) is 0 Å². The van der Waals surface area contributed by atoms with Crippen LogP contribution in [0, 0.1) is 5.82 Å². The lowest BCUT2D eigenvalue weighted by molar-refractivity contribution is 0.311. The second-order valence-electron chi connectivity index (χ2n) is 6.68. The Balaban J connectivity index is 1.75. The molecular weight excluding hydrogens is 377 g/mol. The summed E-state index contributed by atoms with van der Waals surface area (Å²) in [7, 11) is 0. The molecule has 1 saturated heterocycles. The van der Waals surface area contributed by atoms with E-state index < -0.39 is 0 Å². The van der Waals surface area contributed by atoms with Crippen molar-refractivity contribution < 1.29 is 9.50 Å².